The van der Waals surface area contributed by atoms with Crippen LogP contribution in [0.3, 0.4) is 0 Å². The molecule has 50 heavy (non-hydrogen) atoms. The number of para-hydroxylation sites is 3. The molecule has 0 saturated heterocycles. The van der Waals surface area contributed by atoms with E-state index >= 15 is 0 Å². The highest BCUT2D eigenvalue weighted by atomic mass is 32.1. The zero-order chi connectivity index (χ0) is 35.7. The predicted octanol–water partition coefficient (Wildman–Crippen LogP) is 7.20. The Balaban J connectivity index is 1.44. The molecule has 6 rings (SSSR count). The summed E-state index contributed by atoms with van der Waals surface area (Å²) >= 11 is 1.36. The summed E-state index contributed by atoms with van der Waals surface area (Å²) in [4.78, 5) is 61.6. The van der Waals surface area contributed by atoms with Crippen LogP contribution in [0, 0.1) is 5.92 Å². The largest absolute Gasteiger partial charge is 0.497 e. The lowest BCUT2D eigenvalue weighted by Crippen LogP contribution is -2.48. The van der Waals surface area contributed by atoms with Crippen LogP contribution >= 0.6 is 11.3 Å². The van der Waals surface area contributed by atoms with Gasteiger partial charge in [-0.1, -0.05) is 30.3 Å². The third-order valence-corrected chi connectivity index (χ3v) is 9.13. The van der Waals surface area contributed by atoms with Crippen LogP contribution in [-0.4, -0.2) is 58.9 Å². The summed E-state index contributed by atoms with van der Waals surface area (Å²) < 4.78 is 12.1. The first kappa shape index (κ1) is 34.4. The minimum Gasteiger partial charge on any atom is -0.497 e. The van der Waals surface area contributed by atoms with Crippen molar-refractivity contribution in [2.24, 2.45) is 5.92 Å². The van der Waals surface area contributed by atoms with Crippen molar-refractivity contribution in [2.45, 2.75) is 52.7 Å². The molecule has 1 aliphatic heterocycles. The van der Waals surface area contributed by atoms with Gasteiger partial charge >= 0.3 is 6.09 Å². The lowest BCUT2D eigenvalue weighted by molar-refractivity contribution is -0.132. The van der Waals surface area contributed by atoms with Crippen molar-refractivity contribution in [1.82, 2.24) is 9.78 Å². The minimum atomic E-state index is -1.28. The van der Waals surface area contributed by atoms with Crippen LogP contribution in [0.5, 0.6) is 5.75 Å². The third-order valence-electron chi connectivity index (χ3n) is 8.28. The fourth-order valence-corrected chi connectivity index (χ4v) is 6.88. The molecule has 0 bridgehead atoms. The molecule has 3 amide bonds. The summed E-state index contributed by atoms with van der Waals surface area (Å²) in [5.74, 6) is -1.98. The van der Waals surface area contributed by atoms with E-state index in [1.165, 1.54) is 20.9 Å². The average Bonchev–Trinajstić information content (AvgIpc) is 3.73. The maximum Gasteiger partial charge on any atom is 0.435 e. The number of nitrogens with zero attached hydrogens (tertiary/aromatic N) is 5. The van der Waals surface area contributed by atoms with Gasteiger partial charge in [0.1, 0.15) is 28.8 Å². The minimum absolute atomic E-state index is 0.124. The monoisotopic (exact) mass is 693 g/mol. The van der Waals surface area contributed by atoms with E-state index in [9.17, 15) is 19.2 Å². The number of hydrogen-bond acceptors (Lipinski definition) is 8. The van der Waals surface area contributed by atoms with E-state index in [0.717, 1.165) is 0 Å². The van der Waals surface area contributed by atoms with Gasteiger partial charge < -0.3 is 19.3 Å². The molecule has 0 spiro atoms. The van der Waals surface area contributed by atoms with Gasteiger partial charge in [-0.25, -0.2) is 4.79 Å². The predicted molar refractivity (Wildman–Crippen MR) is 194 cm³/mol. The summed E-state index contributed by atoms with van der Waals surface area (Å²) in [5.41, 5.74) is 1.65. The van der Waals surface area contributed by atoms with E-state index in [0.29, 0.717) is 44.4 Å². The quantitative estimate of drug-likeness (QED) is 0.158. The SMILES string of the molecule is COc1ccc(N(C(=O)CN2C(=O)C(Cc3nn(C(=O)OC(C)(C)C)c4ccccc34)C(=O)N(c3cccs3)c3ccccc32)C(C)C)cc1. The molecule has 3 heterocycles. The summed E-state index contributed by atoms with van der Waals surface area (Å²) in [6.45, 7) is 8.77. The Morgan fingerprint density at radius 1 is 0.900 bits per heavy atom. The normalized spacial score (nSPS) is 14.9. The average molecular weight is 694 g/mol. The van der Waals surface area contributed by atoms with E-state index in [2.05, 4.69) is 5.10 Å². The number of aromatic nitrogens is 2. The summed E-state index contributed by atoms with van der Waals surface area (Å²) in [6.07, 6.45) is -0.799. The van der Waals surface area contributed by atoms with Gasteiger partial charge in [0.15, 0.2) is 0 Å². The number of benzene rings is 3. The number of rotatable bonds is 8. The van der Waals surface area contributed by atoms with E-state index < -0.39 is 29.4 Å². The molecule has 1 aliphatic rings. The van der Waals surface area contributed by atoms with Crippen LogP contribution in [0.1, 0.15) is 40.3 Å². The molecule has 1 unspecified atom stereocenters. The Morgan fingerprint density at radius 3 is 2.22 bits per heavy atom. The number of ether oxygens (including phenoxy) is 2. The number of hydrogen-bond donors (Lipinski definition) is 0. The van der Waals surface area contributed by atoms with Crippen LogP contribution in [0.2, 0.25) is 0 Å². The van der Waals surface area contributed by atoms with Crippen LogP contribution in [0.4, 0.5) is 26.9 Å². The van der Waals surface area contributed by atoms with E-state index in [1.54, 1.807) is 104 Å². The molecule has 2 aromatic heterocycles. The number of amides is 3. The van der Waals surface area contributed by atoms with E-state index in [4.69, 9.17) is 9.47 Å². The maximum absolute atomic E-state index is 14.8. The number of carbonyl (C=O) groups is 4. The lowest BCUT2D eigenvalue weighted by atomic mass is 9.98. The maximum atomic E-state index is 14.8. The first-order valence-electron chi connectivity index (χ1n) is 16.3. The topological polar surface area (TPSA) is 114 Å². The molecule has 0 radical (unpaired) electrons. The van der Waals surface area contributed by atoms with Gasteiger partial charge in [-0.2, -0.15) is 9.78 Å². The molecular formula is C38H39N5O6S. The molecule has 0 saturated carbocycles. The smallest absolute Gasteiger partial charge is 0.435 e. The van der Waals surface area contributed by atoms with Gasteiger partial charge in [0.2, 0.25) is 17.7 Å². The first-order valence-corrected chi connectivity index (χ1v) is 17.2. The van der Waals surface area contributed by atoms with Gasteiger partial charge in [0.25, 0.3) is 0 Å². The fourth-order valence-electron chi connectivity index (χ4n) is 6.13. The molecule has 258 valence electrons. The zero-order valence-corrected chi connectivity index (χ0v) is 29.6. The fraction of sp³-hybridized carbons (Fsp3) is 0.289. The molecule has 3 aromatic carbocycles. The first-order chi connectivity index (χ1) is 23.9. The Morgan fingerprint density at radius 2 is 1.58 bits per heavy atom. The Kier molecular flexibility index (Phi) is 9.48. The van der Waals surface area contributed by atoms with Crippen molar-refractivity contribution in [1.29, 1.82) is 0 Å². The lowest BCUT2D eigenvalue weighted by Gasteiger charge is -2.31. The van der Waals surface area contributed by atoms with E-state index in [1.807, 2.05) is 37.4 Å². The van der Waals surface area contributed by atoms with Crippen LogP contribution < -0.4 is 19.4 Å². The standard InChI is InChI=1S/C38H39N5O6S/c1-24(2)41(25-17-19-26(48-6)20-18-25)33(44)23-40-31-14-9-10-15-32(31)42(34-16-11-21-50-34)36(46)28(35(40)45)22-29-27-12-7-8-13-30(27)43(39-29)37(47)49-38(3,4)5/h7-21,24,28H,22-23H2,1-6H3. The molecule has 12 heteroatoms. The highest BCUT2D eigenvalue weighted by Crippen LogP contribution is 2.42. The Hall–Kier alpha value is -5.49. The van der Waals surface area contributed by atoms with Crippen LogP contribution in [0.25, 0.3) is 10.9 Å². The van der Waals surface area contributed by atoms with Gasteiger partial charge in [0, 0.05) is 23.5 Å². The van der Waals surface area contributed by atoms with E-state index in [-0.39, 0.29) is 24.9 Å². The summed E-state index contributed by atoms with van der Waals surface area (Å²) in [7, 11) is 1.57. The Bertz CT molecular complexity index is 2050. The zero-order valence-electron chi connectivity index (χ0n) is 28.8. The van der Waals surface area contributed by atoms with Crippen molar-refractivity contribution < 1.29 is 28.7 Å². The van der Waals surface area contributed by atoms with Gasteiger partial charge in [-0.15, -0.1) is 11.3 Å². The van der Waals surface area contributed by atoms with Crippen molar-refractivity contribution in [3.63, 3.8) is 0 Å². The van der Waals surface area contributed by atoms with Crippen molar-refractivity contribution in [3.8, 4) is 5.75 Å². The van der Waals surface area contributed by atoms with Crippen molar-refractivity contribution >= 4 is 68.1 Å². The molecule has 5 aromatic rings. The second kappa shape index (κ2) is 13.8. The number of methoxy groups -OCH3 is 1. The summed E-state index contributed by atoms with van der Waals surface area (Å²) in [5, 5.41) is 7.71. The summed E-state index contributed by atoms with van der Waals surface area (Å²) in [6, 6.07) is 24.8. The molecule has 0 aliphatic carbocycles. The number of thiophene rings is 1. The van der Waals surface area contributed by atoms with Gasteiger partial charge in [-0.3, -0.25) is 19.3 Å². The van der Waals surface area contributed by atoms with Crippen LogP contribution in [0.15, 0.2) is 90.3 Å². The van der Waals surface area contributed by atoms with Crippen LogP contribution in [-0.2, 0) is 25.5 Å². The second-order valence-electron chi connectivity index (χ2n) is 13.2. The van der Waals surface area contributed by atoms with Crippen molar-refractivity contribution in [2.75, 3.05) is 28.4 Å². The molecular weight excluding hydrogens is 655 g/mol. The number of carbonyl (C=O) groups excluding carboxylic acids is 4. The van der Waals surface area contributed by atoms with Crippen molar-refractivity contribution in [3.05, 3.63) is 96.0 Å². The molecule has 11 nitrogen and oxygen atoms in total. The highest BCUT2D eigenvalue weighted by Gasteiger charge is 2.43. The molecule has 1 atom stereocenters. The second-order valence-corrected chi connectivity index (χ2v) is 14.1. The van der Waals surface area contributed by atoms with Gasteiger partial charge in [-0.05, 0) is 94.6 Å². The Labute approximate surface area is 294 Å². The number of anilines is 4. The third kappa shape index (κ3) is 6.71. The highest BCUT2D eigenvalue weighted by molar-refractivity contribution is 7.14. The molecule has 0 fully saturated rings. The number of fused-ring (bicyclic) bond motifs is 2. The van der Waals surface area contributed by atoms with Gasteiger partial charge in [0.05, 0.1) is 29.7 Å². The molecule has 0 N–H and O–H groups in total.